The van der Waals surface area contributed by atoms with Crippen molar-refractivity contribution in [2.45, 2.75) is 32.0 Å². The number of anilines is 1. The van der Waals surface area contributed by atoms with Crippen LogP contribution in [-0.2, 0) is 22.7 Å². The van der Waals surface area contributed by atoms with E-state index in [1.165, 1.54) is 11.0 Å². The number of H-pyrrole nitrogens is 1. The van der Waals surface area contributed by atoms with E-state index in [9.17, 15) is 14.4 Å². The fourth-order valence-corrected chi connectivity index (χ4v) is 5.29. The standard InChI is InChI=1S/C25H25FN6O3/c26-18-11-17-16(14-32(25(17)35)21-1-2-23(33)29-24(21)34)10-22(18)31-7-5-30(6-8-31)13-15-9-20-19(28-12-15)3-4-27-20/h3-4,9-12,21,27H,1-2,5-8,13-14H2,(H,29,33,34). The van der Waals surface area contributed by atoms with Crippen molar-refractivity contribution in [1.82, 2.24) is 25.1 Å². The van der Waals surface area contributed by atoms with Gasteiger partial charge in [0, 0.05) is 63.6 Å². The highest BCUT2D eigenvalue weighted by Gasteiger charge is 2.40. The number of halogens is 1. The van der Waals surface area contributed by atoms with E-state index >= 15 is 4.39 Å². The SMILES string of the molecule is O=C1CCC(N2Cc3cc(N4CCN(Cc5cnc6cc[nH]c6c5)CC4)c(F)cc3C2=O)C(=O)N1. The molecular weight excluding hydrogens is 451 g/mol. The zero-order valence-corrected chi connectivity index (χ0v) is 19.1. The lowest BCUT2D eigenvalue weighted by Gasteiger charge is -2.36. The highest BCUT2D eigenvalue weighted by atomic mass is 19.1. The van der Waals surface area contributed by atoms with Crippen molar-refractivity contribution in [3.8, 4) is 0 Å². The number of piperidine rings is 1. The fraction of sp³-hybridized carbons (Fsp3) is 0.360. The van der Waals surface area contributed by atoms with Gasteiger partial charge in [0.25, 0.3) is 5.91 Å². The van der Waals surface area contributed by atoms with Crippen LogP contribution in [0.25, 0.3) is 11.0 Å². The number of hydrogen-bond acceptors (Lipinski definition) is 6. The molecule has 1 atom stereocenters. The molecule has 1 unspecified atom stereocenters. The number of nitrogens with one attached hydrogen (secondary N) is 2. The Hall–Kier alpha value is -3.79. The smallest absolute Gasteiger partial charge is 0.255 e. The van der Waals surface area contributed by atoms with Crippen LogP contribution in [0, 0.1) is 5.82 Å². The summed E-state index contributed by atoms with van der Waals surface area (Å²) in [5.74, 6) is -1.59. The van der Waals surface area contributed by atoms with Crippen molar-refractivity contribution in [2.24, 2.45) is 0 Å². The Morgan fingerprint density at radius 2 is 1.91 bits per heavy atom. The Kier molecular flexibility index (Phi) is 5.25. The summed E-state index contributed by atoms with van der Waals surface area (Å²) in [4.78, 5) is 50.1. The summed E-state index contributed by atoms with van der Waals surface area (Å²) in [5.41, 5.74) is 4.58. The van der Waals surface area contributed by atoms with Gasteiger partial charge in [0.05, 0.1) is 16.7 Å². The molecule has 0 aliphatic carbocycles. The fourth-order valence-electron chi connectivity index (χ4n) is 5.29. The number of nitrogens with zero attached hydrogens (tertiary/aromatic N) is 4. The number of pyridine rings is 1. The molecule has 35 heavy (non-hydrogen) atoms. The number of benzene rings is 1. The number of carbonyl (C=O) groups is 3. The molecule has 0 saturated carbocycles. The molecule has 9 nitrogen and oxygen atoms in total. The molecule has 0 bridgehead atoms. The van der Waals surface area contributed by atoms with E-state index in [4.69, 9.17) is 0 Å². The maximum Gasteiger partial charge on any atom is 0.255 e. The molecule has 3 amide bonds. The molecule has 3 aromatic rings. The lowest BCUT2D eigenvalue weighted by Crippen LogP contribution is -2.52. The molecule has 1 aromatic carbocycles. The first-order valence-electron chi connectivity index (χ1n) is 11.8. The average Bonchev–Trinajstić information content (AvgIpc) is 3.43. The molecule has 2 aromatic heterocycles. The van der Waals surface area contributed by atoms with Crippen LogP contribution in [0.4, 0.5) is 10.1 Å². The number of hydrogen-bond donors (Lipinski definition) is 2. The first-order chi connectivity index (χ1) is 17.0. The third-order valence-corrected chi connectivity index (χ3v) is 7.17. The van der Waals surface area contributed by atoms with Crippen LogP contribution in [0.2, 0.25) is 0 Å². The topological polar surface area (TPSA) is 102 Å². The zero-order chi connectivity index (χ0) is 24.1. The number of amides is 3. The first kappa shape index (κ1) is 21.7. The maximum absolute atomic E-state index is 15.1. The second-order valence-electron chi connectivity index (χ2n) is 9.38. The van der Waals surface area contributed by atoms with E-state index in [0.29, 0.717) is 29.9 Å². The van der Waals surface area contributed by atoms with E-state index in [-0.39, 0.29) is 31.2 Å². The van der Waals surface area contributed by atoms with E-state index < -0.39 is 17.8 Å². The number of aromatic nitrogens is 2. The van der Waals surface area contributed by atoms with Crippen molar-refractivity contribution >= 4 is 34.4 Å². The lowest BCUT2D eigenvalue weighted by atomic mass is 10.0. The average molecular weight is 477 g/mol. The minimum absolute atomic E-state index is 0.190. The molecule has 3 aliphatic rings. The summed E-state index contributed by atoms with van der Waals surface area (Å²) >= 11 is 0. The van der Waals surface area contributed by atoms with Gasteiger partial charge in [0.2, 0.25) is 11.8 Å². The molecule has 2 N–H and O–H groups in total. The van der Waals surface area contributed by atoms with Crippen LogP contribution in [0.3, 0.4) is 0 Å². The van der Waals surface area contributed by atoms with Crippen LogP contribution in [-0.4, -0.2) is 69.7 Å². The molecular formula is C25H25FN6O3. The monoisotopic (exact) mass is 476 g/mol. The number of rotatable bonds is 4. The Labute approximate surface area is 200 Å². The third kappa shape index (κ3) is 3.93. The largest absolute Gasteiger partial charge is 0.367 e. The summed E-state index contributed by atoms with van der Waals surface area (Å²) < 4.78 is 15.1. The molecule has 0 radical (unpaired) electrons. The normalized spacial score (nSPS) is 21.1. The van der Waals surface area contributed by atoms with Crippen LogP contribution in [0.5, 0.6) is 0 Å². The molecule has 180 valence electrons. The van der Waals surface area contributed by atoms with Crippen molar-refractivity contribution in [1.29, 1.82) is 0 Å². The highest BCUT2D eigenvalue weighted by Crippen LogP contribution is 2.33. The Balaban J connectivity index is 1.13. The van der Waals surface area contributed by atoms with Gasteiger partial charge in [-0.25, -0.2) is 4.39 Å². The number of carbonyl (C=O) groups excluding carboxylic acids is 3. The summed E-state index contributed by atoms with van der Waals surface area (Å²) in [6.45, 7) is 3.90. The van der Waals surface area contributed by atoms with Gasteiger partial charge in [-0.1, -0.05) is 0 Å². The molecule has 10 heteroatoms. The lowest BCUT2D eigenvalue weighted by molar-refractivity contribution is -0.136. The van der Waals surface area contributed by atoms with E-state index in [0.717, 1.165) is 36.2 Å². The molecule has 2 fully saturated rings. The second-order valence-corrected chi connectivity index (χ2v) is 9.38. The number of fused-ring (bicyclic) bond motifs is 2. The van der Waals surface area contributed by atoms with Gasteiger partial charge in [-0.3, -0.25) is 29.6 Å². The number of aromatic amines is 1. The third-order valence-electron chi connectivity index (χ3n) is 7.17. The first-order valence-corrected chi connectivity index (χ1v) is 11.8. The van der Waals surface area contributed by atoms with Gasteiger partial charge >= 0.3 is 0 Å². The highest BCUT2D eigenvalue weighted by molar-refractivity contribution is 6.05. The molecule has 3 aliphatic heterocycles. The van der Waals surface area contributed by atoms with Crippen LogP contribution >= 0.6 is 0 Å². The van der Waals surface area contributed by atoms with E-state index in [1.807, 2.05) is 23.4 Å². The van der Waals surface area contributed by atoms with Crippen LogP contribution in [0.15, 0.2) is 36.7 Å². The summed E-state index contributed by atoms with van der Waals surface area (Å²) in [5, 5.41) is 2.29. The molecule has 5 heterocycles. The van der Waals surface area contributed by atoms with Gasteiger partial charge in [-0.15, -0.1) is 0 Å². The predicted molar refractivity (Wildman–Crippen MR) is 126 cm³/mol. The van der Waals surface area contributed by atoms with Crippen molar-refractivity contribution in [3.05, 3.63) is 59.2 Å². The molecule has 0 spiro atoms. The zero-order valence-electron chi connectivity index (χ0n) is 19.1. The van der Waals surface area contributed by atoms with Gasteiger partial charge in [-0.2, -0.15) is 0 Å². The van der Waals surface area contributed by atoms with Crippen LogP contribution < -0.4 is 10.2 Å². The Morgan fingerprint density at radius 3 is 2.71 bits per heavy atom. The summed E-state index contributed by atoms with van der Waals surface area (Å²) in [6, 6.07) is 6.39. The van der Waals surface area contributed by atoms with Crippen molar-refractivity contribution in [3.63, 3.8) is 0 Å². The summed E-state index contributed by atoms with van der Waals surface area (Å²) in [7, 11) is 0. The number of piperazine rings is 1. The quantitative estimate of drug-likeness (QED) is 0.557. The Bertz CT molecular complexity index is 1350. The minimum atomic E-state index is -0.706. The minimum Gasteiger partial charge on any atom is -0.367 e. The Morgan fingerprint density at radius 1 is 1.09 bits per heavy atom. The van der Waals surface area contributed by atoms with E-state index in [1.54, 1.807) is 6.07 Å². The number of imide groups is 1. The van der Waals surface area contributed by atoms with Crippen molar-refractivity contribution in [2.75, 3.05) is 31.1 Å². The molecule has 6 rings (SSSR count). The van der Waals surface area contributed by atoms with E-state index in [2.05, 4.69) is 26.3 Å². The second kappa shape index (κ2) is 8.46. The predicted octanol–water partition coefficient (Wildman–Crippen LogP) is 1.79. The van der Waals surface area contributed by atoms with Gasteiger partial charge in [0.15, 0.2) is 0 Å². The maximum atomic E-state index is 15.1. The van der Waals surface area contributed by atoms with Crippen molar-refractivity contribution < 1.29 is 18.8 Å². The molecule has 2 saturated heterocycles. The summed E-state index contributed by atoms with van der Waals surface area (Å²) in [6.07, 6.45) is 4.25. The van der Waals surface area contributed by atoms with Gasteiger partial charge in [0.1, 0.15) is 11.9 Å². The van der Waals surface area contributed by atoms with Gasteiger partial charge < -0.3 is 14.8 Å². The van der Waals surface area contributed by atoms with Gasteiger partial charge in [-0.05, 0) is 41.8 Å². The van der Waals surface area contributed by atoms with Crippen LogP contribution in [0.1, 0.15) is 34.3 Å².